The Hall–Kier alpha value is -1.69. The molecule has 3 rings (SSSR count). The van der Waals surface area contributed by atoms with Crippen LogP contribution in [0.25, 0.3) is 0 Å². The van der Waals surface area contributed by atoms with Crippen molar-refractivity contribution in [2.24, 2.45) is 0 Å². The fraction of sp³-hybridized carbons (Fsp3) is 0.294. The van der Waals surface area contributed by atoms with Gasteiger partial charge in [-0.05, 0) is 30.3 Å². The van der Waals surface area contributed by atoms with Crippen LogP contribution in [0.15, 0.2) is 35.2 Å². The van der Waals surface area contributed by atoms with Crippen molar-refractivity contribution in [3.63, 3.8) is 0 Å². The fourth-order valence-corrected chi connectivity index (χ4v) is 5.37. The van der Waals surface area contributed by atoms with Crippen molar-refractivity contribution >= 4 is 62.1 Å². The first-order chi connectivity index (χ1) is 13.8. The Morgan fingerprint density at radius 3 is 2.55 bits per heavy atom. The van der Waals surface area contributed by atoms with Crippen LogP contribution < -0.4 is 5.32 Å². The van der Waals surface area contributed by atoms with E-state index in [-0.39, 0.29) is 33.6 Å². The number of thiophene rings is 1. The number of anilines is 1. The summed E-state index contributed by atoms with van der Waals surface area (Å²) in [6, 6.07) is 7.15. The standard InChI is InChI=1S/C17H16Cl2N2O6S2/c18-12-2-1-11(9-14(12)29(24,25)21-5-7-26-8-6-21)20-16(22)10-27-17(23)13-3-4-15(19)28-13/h1-4,9H,5-8,10H2,(H,20,22). The molecule has 1 aromatic heterocycles. The van der Waals surface area contributed by atoms with Crippen LogP contribution in [0.1, 0.15) is 9.67 Å². The summed E-state index contributed by atoms with van der Waals surface area (Å²) in [7, 11) is -3.84. The van der Waals surface area contributed by atoms with Crippen LogP contribution in [0.3, 0.4) is 0 Å². The van der Waals surface area contributed by atoms with E-state index in [9.17, 15) is 18.0 Å². The topological polar surface area (TPSA) is 102 Å². The maximum Gasteiger partial charge on any atom is 0.348 e. The van der Waals surface area contributed by atoms with Crippen LogP contribution in [0.4, 0.5) is 5.69 Å². The smallest absolute Gasteiger partial charge is 0.348 e. The van der Waals surface area contributed by atoms with E-state index in [4.69, 9.17) is 32.7 Å². The molecule has 156 valence electrons. The largest absolute Gasteiger partial charge is 0.451 e. The van der Waals surface area contributed by atoms with Gasteiger partial charge in [0.05, 0.1) is 22.6 Å². The van der Waals surface area contributed by atoms with Gasteiger partial charge in [0, 0.05) is 18.8 Å². The maximum atomic E-state index is 12.8. The molecule has 0 unspecified atom stereocenters. The molecule has 29 heavy (non-hydrogen) atoms. The number of amides is 1. The van der Waals surface area contributed by atoms with Gasteiger partial charge in [0.15, 0.2) is 6.61 Å². The van der Waals surface area contributed by atoms with Crippen LogP contribution >= 0.6 is 34.5 Å². The van der Waals surface area contributed by atoms with Gasteiger partial charge in [-0.1, -0.05) is 23.2 Å². The Bertz CT molecular complexity index is 1020. The molecule has 2 heterocycles. The zero-order chi connectivity index (χ0) is 21.0. The SMILES string of the molecule is O=C(COC(=O)c1ccc(Cl)s1)Nc1ccc(Cl)c(S(=O)(=O)N2CCOCC2)c1. The summed E-state index contributed by atoms with van der Waals surface area (Å²) in [4.78, 5) is 24.1. The van der Waals surface area contributed by atoms with E-state index in [1.807, 2.05) is 0 Å². The number of carbonyl (C=O) groups is 2. The number of morpholine rings is 1. The number of nitrogens with one attached hydrogen (secondary N) is 1. The first-order valence-corrected chi connectivity index (χ1v) is 11.4. The van der Waals surface area contributed by atoms with Crippen LogP contribution in [0.2, 0.25) is 9.36 Å². The van der Waals surface area contributed by atoms with Crippen molar-refractivity contribution in [1.29, 1.82) is 0 Å². The lowest BCUT2D eigenvalue weighted by Crippen LogP contribution is -2.40. The van der Waals surface area contributed by atoms with Gasteiger partial charge in [-0.3, -0.25) is 4.79 Å². The fourth-order valence-electron chi connectivity index (χ4n) is 2.53. The van der Waals surface area contributed by atoms with Crippen molar-refractivity contribution in [2.75, 3.05) is 38.2 Å². The third-order valence-corrected chi connectivity index (χ3v) is 7.50. The van der Waals surface area contributed by atoms with Crippen molar-refractivity contribution < 1.29 is 27.5 Å². The minimum atomic E-state index is -3.84. The molecule has 8 nitrogen and oxygen atoms in total. The highest BCUT2D eigenvalue weighted by Crippen LogP contribution is 2.28. The molecule has 0 saturated carbocycles. The summed E-state index contributed by atoms with van der Waals surface area (Å²) in [5, 5.41) is 2.53. The Morgan fingerprint density at radius 1 is 1.17 bits per heavy atom. The average molecular weight is 479 g/mol. The zero-order valence-electron chi connectivity index (χ0n) is 14.9. The number of benzene rings is 1. The minimum absolute atomic E-state index is 0.0375. The van der Waals surface area contributed by atoms with E-state index in [0.717, 1.165) is 11.3 Å². The molecule has 0 spiro atoms. The molecule has 1 aliphatic heterocycles. The second-order valence-corrected chi connectivity index (χ2v) is 9.92. The Morgan fingerprint density at radius 2 is 1.90 bits per heavy atom. The van der Waals surface area contributed by atoms with Gasteiger partial charge in [0.2, 0.25) is 10.0 Å². The van der Waals surface area contributed by atoms with Gasteiger partial charge in [0.1, 0.15) is 9.77 Å². The summed E-state index contributed by atoms with van der Waals surface area (Å²) in [5.41, 5.74) is 0.210. The quantitative estimate of drug-likeness (QED) is 0.640. The van der Waals surface area contributed by atoms with Crippen molar-refractivity contribution in [3.05, 3.63) is 44.6 Å². The lowest BCUT2D eigenvalue weighted by molar-refractivity contribution is -0.119. The maximum absolute atomic E-state index is 12.8. The molecule has 0 bridgehead atoms. The molecule has 1 fully saturated rings. The number of hydrogen-bond acceptors (Lipinski definition) is 7. The molecule has 1 aliphatic rings. The van der Waals surface area contributed by atoms with Gasteiger partial charge in [0.25, 0.3) is 5.91 Å². The number of hydrogen-bond donors (Lipinski definition) is 1. The van der Waals surface area contributed by atoms with E-state index < -0.39 is 28.5 Å². The molecule has 1 N–H and O–H groups in total. The molecule has 1 amide bonds. The average Bonchev–Trinajstić information content (AvgIpc) is 3.14. The molecule has 12 heteroatoms. The molecule has 1 aromatic carbocycles. The minimum Gasteiger partial charge on any atom is -0.451 e. The number of carbonyl (C=O) groups excluding carboxylic acids is 2. The Labute approximate surface area is 181 Å². The van der Waals surface area contributed by atoms with Crippen molar-refractivity contribution in [2.45, 2.75) is 4.90 Å². The van der Waals surface area contributed by atoms with Crippen molar-refractivity contribution in [3.8, 4) is 0 Å². The summed E-state index contributed by atoms with van der Waals surface area (Å²) < 4.78 is 37.4. The molecular formula is C17H16Cl2N2O6S2. The third kappa shape index (κ3) is 5.47. The lowest BCUT2D eigenvalue weighted by atomic mass is 10.3. The van der Waals surface area contributed by atoms with Gasteiger partial charge in [-0.15, -0.1) is 11.3 Å². The second kappa shape index (κ2) is 9.41. The first-order valence-electron chi connectivity index (χ1n) is 8.37. The van der Waals surface area contributed by atoms with E-state index >= 15 is 0 Å². The van der Waals surface area contributed by atoms with Gasteiger partial charge < -0.3 is 14.8 Å². The molecule has 2 aromatic rings. The Balaban J connectivity index is 1.66. The van der Waals surface area contributed by atoms with Gasteiger partial charge >= 0.3 is 5.97 Å². The number of halogens is 2. The van der Waals surface area contributed by atoms with Gasteiger partial charge in [-0.25, -0.2) is 13.2 Å². The van der Waals surface area contributed by atoms with E-state index in [1.54, 1.807) is 6.07 Å². The second-order valence-electron chi connectivity index (χ2n) is 5.89. The molecule has 0 aliphatic carbocycles. The molecular weight excluding hydrogens is 463 g/mol. The zero-order valence-corrected chi connectivity index (χ0v) is 18.0. The van der Waals surface area contributed by atoms with E-state index in [0.29, 0.717) is 17.6 Å². The molecule has 0 radical (unpaired) electrons. The predicted molar refractivity (Wildman–Crippen MR) is 109 cm³/mol. The third-order valence-electron chi connectivity index (χ3n) is 3.91. The first kappa shape index (κ1) is 22.0. The highest BCUT2D eigenvalue weighted by molar-refractivity contribution is 7.89. The number of rotatable bonds is 6. The summed E-state index contributed by atoms with van der Waals surface area (Å²) >= 11 is 12.9. The number of sulfonamides is 1. The summed E-state index contributed by atoms with van der Waals surface area (Å²) in [6.45, 7) is 0.501. The monoisotopic (exact) mass is 478 g/mol. The molecule has 0 atom stereocenters. The van der Waals surface area contributed by atoms with Crippen LogP contribution in [-0.4, -0.2) is 57.5 Å². The summed E-state index contributed by atoms with van der Waals surface area (Å²) in [6.07, 6.45) is 0. The van der Waals surface area contributed by atoms with Gasteiger partial charge in [-0.2, -0.15) is 4.31 Å². The number of nitrogens with zero attached hydrogens (tertiary/aromatic N) is 1. The highest BCUT2D eigenvalue weighted by atomic mass is 35.5. The predicted octanol–water partition coefficient (Wildman–Crippen LogP) is 2.87. The molecule has 1 saturated heterocycles. The van der Waals surface area contributed by atoms with Crippen molar-refractivity contribution in [1.82, 2.24) is 4.31 Å². The van der Waals surface area contributed by atoms with Crippen LogP contribution in [-0.2, 0) is 24.3 Å². The summed E-state index contributed by atoms with van der Waals surface area (Å²) in [5.74, 6) is -1.30. The highest BCUT2D eigenvalue weighted by Gasteiger charge is 2.28. The number of esters is 1. The van der Waals surface area contributed by atoms with Crippen LogP contribution in [0.5, 0.6) is 0 Å². The van der Waals surface area contributed by atoms with E-state index in [2.05, 4.69) is 5.32 Å². The lowest BCUT2D eigenvalue weighted by Gasteiger charge is -2.26. The van der Waals surface area contributed by atoms with Crippen LogP contribution in [0, 0.1) is 0 Å². The number of ether oxygens (including phenoxy) is 2. The normalized spacial score (nSPS) is 15.1. The van der Waals surface area contributed by atoms with E-state index in [1.165, 1.54) is 28.6 Å². The Kier molecular flexibility index (Phi) is 7.14.